The number of unbranched alkanes of at least 4 members (excludes halogenated alkanes) is 1. The van der Waals surface area contributed by atoms with Crippen molar-refractivity contribution in [3.8, 4) is 0 Å². The Morgan fingerprint density at radius 2 is 2.00 bits per heavy atom. The highest BCUT2D eigenvalue weighted by Crippen LogP contribution is 2.32. The second-order valence-electron chi connectivity index (χ2n) is 8.97. The van der Waals surface area contributed by atoms with Gasteiger partial charge in [-0.05, 0) is 42.8 Å². The molecule has 7 aromatic rings. The molecule has 1 aromatic carbocycles. The maximum Gasteiger partial charge on any atom is 0.232 e. The highest BCUT2D eigenvalue weighted by Gasteiger charge is 2.16. The number of nitrogens with zero attached hydrogens (tertiary/aromatic N) is 5. The van der Waals surface area contributed by atoms with Gasteiger partial charge in [0.2, 0.25) is 5.91 Å². The van der Waals surface area contributed by atoms with Gasteiger partial charge in [-0.2, -0.15) is 5.10 Å². The minimum Gasteiger partial charge on any atom is -0.321 e. The first-order valence-electron chi connectivity index (χ1n) is 12.0. The largest absolute Gasteiger partial charge is 0.321 e. The molecule has 6 heterocycles. The van der Waals surface area contributed by atoms with E-state index in [0.717, 1.165) is 27.8 Å². The first kappa shape index (κ1) is 21.8. The van der Waals surface area contributed by atoms with Gasteiger partial charge in [-0.25, -0.2) is 14.4 Å². The van der Waals surface area contributed by atoms with Crippen LogP contribution in [-0.4, -0.2) is 40.6 Å². The summed E-state index contributed by atoms with van der Waals surface area (Å²) in [6, 6.07) is 11.1. The highest BCUT2D eigenvalue weighted by molar-refractivity contribution is 7.24. The lowest BCUT2D eigenvalue weighted by molar-refractivity contribution is 0.0909. The lowest BCUT2D eigenvalue weighted by Crippen LogP contribution is -2.10. The number of rotatable bonds is 3. The number of aromatic amines is 2. The lowest BCUT2D eigenvalue weighted by atomic mass is 10.1. The molecule has 0 amide bonds. The van der Waals surface area contributed by atoms with E-state index in [4.69, 9.17) is 4.98 Å². The minimum atomic E-state index is -0.439. The number of carbonyl (C=O) groups is 1. The number of hydrogen-bond acceptors (Lipinski definition) is 6. The van der Waals surface area contributed by atoms with E-state index in [2.05, 4.69) is 32.1 Å². The number of imidazole rings is 1. The molecular formula is C27H20FN7OS. The summed E-state index contributed by atoms with van der Waals surface area (Å²) in [5.41, 5.74) is 3.17. The third-order valence-corrected chi connectivity index (χ3v) is 7.74. The van der Waals surface area contributed by atoms with Crippen LogP contribution >= 0.6 is 11.3 Å². The topological polar surface area (TPSA) is 105 Å². The second-order valence-corrected chi connectivity index (χ2v) is 10.0. The third-order valence-electron chi connectivity index (χ3n) is 6.64. The average molecular weight is 510 g/mol. The van der Waals surface area contributed by atoms with Crippen molar-refractivity contribution < 1.29 is 9.18 Å². The van der Waals surface area contributed by atoms with Gasteiger partial charge in [0.1, 0.15) is 21.7 Å². The molecule has 8 bridgehead atoms. The number of carbonyl (C=O) groups excluding carboxylic acids is 1. The summed E-state index contributed by atoms with van der Waals surface area (Å²) in [4.78, 5) is 31.1. The van der Waals surface area contributed by atoms with Crippen LogP contribution in [0.25, 0.3) is 64.4 Å². The summed E-state index contributed by atoms with van der Waals surface area (Å²) < 4.78 is 18.7. The van der Waals surface area contributed by atoms with Crippen LogP contribution in [0, 0.1) is 5.82 Å². The Morgan fingerprint density at radius 1 is 1.08 bits per heavy atom. The van der Waals surface area contributed by atoms with Gasteiger partial charge in [-0.1, -0.05) is 13.3 Å². The number of aromatic nitrogens is 7. The zero-order valence-corrected chi connectivity index (χ0v) is 20.6. The van der Waals surface area contributed by atoms with E-state index in [1.54, 1.807) is 35.3 Å². The Balaban J connectivity index is 1.74. The zero-order chi connectivity index (χ0) is 25.1. The maximum atomic E-state index is 16.1. The molecule has 0 spiro atoms. The van der Waals surface area contributed by atoms with Gasteiger partial charge in [0.05, 0.1) is 22.6 Å². The number of nitrogens with one attached hydrogen (secondary N) is 2. The van der Waals surface area contributed by atoms with Crippen molar-refractivity contribution in [3.63, 3.8) is 0 Å². The van der Waals surface area contributed by atoms with E-state index in [-0.39, 0.29) is 5.91 Å². The molecule has 0 radical (unpaired) electrons. The molecule has 0 saturated heterocycles. The summed E-state index contributed by atoms with van der Waals surface area (Å²) in [6.07, 6.45) is 7.04. The maximum absolute atomic E-state index is 16.1. The minimum absolute atomic E-state index is 0.0338. The molecule has 0 saturated carbocycles. The van der Waals surface area contributed by atoms with Gasteiger partial charge in [0.25, 0.3) is 0 Å². The number of pyridine rings is 2. The van der Waals surface area contributed by atoms with E-state index in [1.165, 1.54) is 11.3 Å². The molecule has 8 nitrogen and oxygen atoms in total. The fourth-order valence-electron chi connectivity index (χ4n) is 4.81. The van der Waals surface area contributed by atoms with Gasteiger partial charge < -0.3 is 4.98 Å². The lowest BCUT2D eigenvalue weighted by Gasteiger charge is -2.07. The van der Waals surface area contributed by atoms with Gasteiger partial charge in [0, 0.05) is 39.7 Å². The van der Waals surface area contributed by atoms with E-state index in [1.807, 2.05) is 24.3 Å². The Morgan fingerprint density at radius 3 is 2.89 bits per heavy atom. The molecule has 2 N–H and O–H groups in total. The molecule has 0 unspecified atom stereocenters. The van der Waals surface area contributed by atoms with E-state index in [9.17, 15) is 4.79 Å². The smallest absolute Gasteiger partial charge is 0.232 e. The van der Waals surface area contributed by atoms with Crippen molar-refractivity contribution in [3.05, 3.63) is 60.8 Å². The van der Waals surface area contributed by atoms with Gasteiger partial charge in [0.15, 0.2) is 11.3 Å². The summed E-state index contributed by atoms with van der Waals surface area (Å²) in [7, 11) is 0. The van der Waals surface area contributed by atoms with Crippen molar-refractivity contribution in [2.45, 2.75) is 26.2 Å². The van der Waals surface area contributed by atoms with Crippen LogP contribution < -0.4 is 0 Å². The fraction of sp³-hybridized carbons (Fsp3) is 0.148. The molecule has 0 aliphatic carbocycles. The predicted octanol–water partition coefficient (Wildman–Crippen LogP) is 6.80. The van der Waals surface area contributed by atoms with Crippen LogP contribution in [0.15, 0.2) is 55.0 Å². The van der Waals surface area contributed by atoms with Crippen LogP contribution in [0.5, 0.6) is 0 Å². The number of hydrogen-bond donors (Lipinski definition) is 2. The van der Waals surface area contributed by atoms with Crippen LogP contribution in [0.3, 0.4) is 0 Å². The SMILES string of the molecule is CCCCC(=O)n1c2cncc(c2)c2ccc3[nH]nc(c4nc5c(nccc5c5ccc1s5)[nH]4)c3c2F. The van der Waals surface area contributed by atoms with Crippen LogP contribution in [0.4, 0.5) is 4.39 Å². The molecule has 37 heavy (non-hydrogen) atoms. The highest BCUT2D eigenvalue weighted by atomic mass is 32.1. The zero-order valence-electron chi connectivity index (χ0n) is 19.7. The van der Waals surface area contributed by atoms with Gasteiger partial charge in [-0.3, -0.25) is 19.4 Å². The Kier molecular flexibility index (Phi) is 4.90. The molecule has 0 aliphatic heterocycles. The predicted molar refractivity (Wildman–Crippen MR) is 145 cm³/mol. The van der Waals surface area contributed by atoms with Crippen molar-refractivity contribution in [2.75, 3.05) is 0 Å². The van der Waals surface area contributed by atoms with E-state index in [0.29, 0.717) is 55.9 Å². The molecule has 0 fully saturated rings. The summed E-state index contributed by atoms with van der Waals surface area (Å²) in [5, 5.41) is 9.43. The normalized spacial score (nSPS) is 11.9. The summed E-state index contributed by atoms with van der Waals surface area (Å²) in [5.74, 6) is -0.473. The average Bonchev–Trinajstić information content (AvgIpc) is 3.65. The van der Waals surface area contributed by atoms with Crippen LogP contribution in [0.2, 0.25) is 0 Å². The first-order chi connectivity index (χ1) is 18.1. The van der Waals surface area contributed by atoms with E-state index >= 15 is 4.39 Å². The van der Waals surface area contributed by atoms with Crippen molar-refractivity contribution in [1.82, 2.24) is 34.7 Å². The molecule has 182 valence electrons. The van der Waals surface area contributed by atoms with Crippen molar-refractivity contribution in [2.24, 2.45) is 0 Å². The number of H-pyrrole nitrogens is 2. The van der Waals surface area contributed by atoms with Crippen molar-refractivity contribution >= 4 is 81.7 Å². The number of benzene rings is 1. The standard InChI is InChI=1S/C27H20FN7OS/c1-2-3-4-20(36)35-15-11-14(12-29-13-15)16-5-6-18-22(23(16)28)25(34-33-18)27-31-24-17(9-10-30-26(24)32-27)19-7-8-21(35)37-19/h5-13H,2-4H2,1H3,(H,33,34)(H,30,31,32). The van der Waals surface area contributed by atoms with Crippen LogP contribution in [-0.2, 0) is 0 Å². The number of thiophene rings is 1. The molecule has 0 aliphatic rings. The summed E-state index contributed by atoms with van der Waals surface area (Å²) >= 11 is 1.49. The molecule has 6 aromatic heterocycles. The molecular weight excluding hydrogens is 489 g/mol. The number of halogens is 1. The molecule has 7 rings (SSSR count). The second kappa shape index (κ2) is 8.31. The van der Waals surface area contributed by atoms with Gasteiger partial charge in [-0.15, -0.1) is 11.3 Å². The Bertz CT molecular complexity index is 2080. The monoisotopic (exact) mass is 509 g/mol. The Labute approximate surface area is 212 Å². The van der Waals surface area contributed by atoms with Crippen LogP contribution in [0.1, 0.15) is 31.0 Å². The Hall–Kier alpha value is -4.44. The first-order valence-corrected chi connectivity index (χ1v) is 12.8. The summed E-state index contributed by atoms with van der Waals surface area (Å²) in [6.45, 7) is 2.06. The third kappa shape index (κ3) is 3.36. The molecule has 0 atom stereocenters. The van der Waals surface area contributed by atoms with Gasteiger partial charge >= 0.3 is 0 Å². The van der Waals surface area contributed by atoms with Crippen molar-refractivity contribution in [1.29, 1.82) is 0 Å². The fourth-order valence-corrected chi connectivity index (χ4v) is 5.88. The quantitative estimate of drug-likeness (QED) is 0.273. The van der Waals surface area contributed by atoms with E-state index < -0.39 is 5.82 Å². The number of fused-ring (bicyclic) bond motifs is 9. The molecule has 10 heteroatoms.